The Morgan fingerprint density at radius 3 is 2.34 bits per heavy atom. The molecule has 0 bridgehead atoms. The van der Waals surface area contributed by atoms with Gasteiger partial charge in [0.1, 0.15) is 22.5 Å². The number of hydrogen-bond acceptors (Lipinski definition) is 5. The number of ether oxygens (including phenoxy) is 2. The van der Waals surface area contributed by atoms with Crippen LogP contribution in [0.4, 0.5) is 0 Å². The molecule has 1 heterocycles. The zero-order chi connectivity index (χ0) is 21.5. The number of aromatic hydroxyl groups is 1. The number of fused-ring (bicyclic) bond motifs is 1. The van der Waals surface area contributed by atoms with Crippen molar-refractivity contribution >= 4 is 16.9 Å². The van der Waals surface area contributed by atoms with Crippen LogP contribution in [0, 0.1) is 20.8 Å². The molecule has 1 aromatic heterocycles. The molecular weight excluding hydrogens is 370 g/mol. The first-order valence-corrected chi connectivity index (χ1v) is 9.37. The molecule has 0 aliphatic rings. The maximum atomic E-state index is 12.2. The van der Waals surface area contributed by atoms with Gasteiger partial charge in [-0.25, -0.2) is 0 Å². The monoisotopic (exact) mass is 397 g/mol. The Hall–Kier alpha value is -3.15. The van der Waals surface area contributed by atoms with E-state index in [1.165, 1.54) is 0 Å². The first-order chi connectivity index (χ1) is 13.7. The number of furan rings is 1. The van der Waals surface area contributed by atoms with Gasteiger partial charge in [0.15, 0.2) is 11.5 Å². The molecule has 6 heteroatoms. The molecular formula is C23H27NO5. The zero-order valence-electron chi connectivity index (χ0n) is 18.0. The van der Waals surface area contributed by atoms with Crippen molar-refractivity contribution < 1.29 is 23.8 Å². The number of rotatable bonds is 5. The highest BCUT2D eigenvalue weighted by Crippen LogP contribution is 2.47. The number of nitrogens with zero attached hydrogens (tertiary/aromatic N) is 1. The fraction of sp³-hybridized carbons (Fsp3) is 0.348. The summed E-state index contributed by atoms with van der Waals surface area (Å²) in [5, 5.41) is 11.3. The Labute approximate surface area is 170 Å². The van der Waals surface area contributed by atoms with Gasteiger partial charge in [0.2, 0.25) is 5.91 Å². The second-order valence-corrected chi connectivity index (χ2v) is 7.38. The van der Waals surface area contributed by atoms with Crippen LogP contribution in [0.25, 0.3) is 22.3 Å². The van der Waals surface area contributed by atoms with E-state index in [1.807, 2.05) is 39.0 Å². The summed E-state index contributed by atoms with van der Waals surface area (Å²) in [5.74, 6) is 1.74. The van der Waals surface area contributed by atoms with Crippen molar-refractivity contribution in [1.29, 1.82) is 0 Å². The van der Waals surface area contributed by atoms with E-state index >= 15 is 0 Å². The summed E-state index contributed by atoms with van der Waals surface area (Å²) in [4.78, 5) is 13.8. The number of phenolic OH excluding ortho intramolecular Hbond substituents is 1. The Balaban J connectivity index is 2.24. The summed E-state index contributed by atoms with van der Waals surface area (Å²) in [6.45, 7) is 5.80. The lowest BCUT2D eigenvalue weighted by Crippen LogP contribution is -2.23. The van der Waals surface area contributed by atoms with Gasteiger partial charge in [-0.3, -0.25) is 4.79 Å². The molecule has 3 aromatic rings. The molecule has 154 valence electrons. The molecule has 0 saturated heterocycles. The number of aryl methyl sites for hydroxylation is 1. The summed E-state index contributed by atoms with van der Waals surface area (Å²) in [6.07, 6.45) is 0.203. The summed E-state index contributed by atoms with van der Waals surface area (Å²) < 4.78 is 17.3. The highest BCUT2D eigenvalue weighted by molar-refractivity contribution is 5.99. The molecule has 0 radical (unpaired) electrons. The van der Waals surface area contributed by atoms with Gasteiger partial charge in [0.25, 0.3) is 0 Å². The van der Waals surface area contributed by atoms with E-state index in [4.69, 9.17) is 13.9 Å². The molecule has 0 aliphatic heterocycles. The maximum Gasteiger partial charge on any atom is 0.226 e. The second kappa shape index (κ2) is 7.70. The summed E-state index contributed by atoms with van der Waals surface area (Å²) in [6, 6.07) is 5.53. The molecule has 2 aromatic carbocycles. The minimum absolute atomic E-state index is 0.0308. The van der Waals surface area contributed by atoms with E-state index in [0.717, 1.165) is 27.8 Å². The van der Waals surface area contributed by atoms with Gasteiger partial charge in [0.05, 0.1) is 20.6 Å². The molecule has 3 rings (SSSR count). The summed E-state index contributed by atoms with van der Waals surface area (Å²) in [5.41, 5.74) is 4.82. The third kappa shape index (κ3) is 3.39. The molecule has 6 nitrogen and oxygen atoms in total. The van der Waals surface area contributed by atoms with Gasteiger partial charge in [-0.05, 0) is 55.7 Å². The van der Waals surface area contributed by atoms with Gasteiger partial charge in [-0.2, -0.15) is 0 Å². The number of hydrogen-bond donors (Lipinski definition) is 1. The van der Waals surface area contributed by atoms with Crippen LogP contribution < -0.4 is 9.47 Å². The number of amides is 1. The Bertz CT molecular complexity index is 1090. The van der Waals surface area contributed by atoms with E-state index in [-0.39, 0.29) is 18.1 Å². The quantitative estimate of drug-likeness (QED) is 0.692. The normalized spacial score (nSPS) is 11.0. The lowest BCUT2D eigenvalue weighted by Gasteiger charge is -2.13. The minimum atomic E-state index is -0.0308. The van der Waals surface area contributed by atoms with Crippen LogP contribution in [0.15, 0.2) is 22.6 Å². The molecule has 1 N–H and O–H groups in total. The molecule has 0 fully saturated rings. The SMILES string of the molecule is COc1ccc(-c2oc3c(C)c(C)c(C)c(O)c3c2OC)cc1CC(=O)N(C)C. The van der Waals surface area contributed by atoms with Crippen molar-refractivity contribution in [2.24, 2.45) is 0 Å². The topological polar surface area (TPSA) is 72.1 Å². The van der Waals surface area contributed by atoms with Gasteiger partial charge >= 0.3 is 0 Å². The van der Waals surface area contributed by atoms with Crippen molar-refractivity contribution in [1.82, 2.24) is 4.90 Å². The predicted octanol–water partition coefficient (Wildman–Crippen LogP) is 4.38. The van der Waals surface area contributed by atoms with E-state index < -0.39 is 0 Å². The standard InChI is InChI=1S/C23H27NO5/c1-12-13(2)20(26)19-21(14(12)3)29-22(23(19)28-7)15-8-9-17(27-6)16(10-15)11-18(25)24(4)5/h8-10,26H,11H2,1-7H3. The lowest BCUT2D eigenvalue weighted by molar-refractivity contribution is -0.127. The van der Waals surface area contributed by atoms with Crippen molar-refractivity contribution in [2.45, 2.75) is 27.2 Å². The van der Waals surface area contributed by atoms with Gasteiger partial charge < -0.3 is 23.9 Å². The summed E-state index contributed by atoms with van der Waals surface area (Å²) in [7, 11) is 6.57. The van der Waals surface area contributed by atoms with Crippen molar-refractivity contribution in [2.75, 3.05) is 28.3 Å². The molecule has 0 spiro atoms. The average molecular weight is 397 g/mol. The lowest BCUT2D eigenvalue weighted by atomic mass is 9.99. The minimum Gasteiger partial charge on any atom is -0.507 e. The molecule has 1 amide bonds. The van der Waals surface area contributed by atoms with E-state index in [9.17, 15) is 9.90 Å². The van der Waals surface area contributed by atoms with E-state index in [1.54, 1.807) is 33.2 Å². The predicted molar refractivity (Wildman–Crippen MR) is 113 cm³/mol. The Morgan fingerprint density at radius 1 is 1.07 bits per heavy atom. The summed E-state index contributed by atoms with van der Waals surface area (Å²) >= 11 is 0. The van der Waals surface area contributed by atoms with Crippen molar-refractivity contribution in [3.05, 3.63) is 40.5 Å². The van der Waals surface area contributed by atoms with Gasteiger partial charge in [-0.1, -0.05) is 0 Å². The fourth-order valence-corrected chi connectivity index (χ4v) is 3.48. The Kier molecular flexibility index (Phi) is 5.46. The smallest absolute Gasteiger partial charge is 0.226 e. The van der Waals surface area contributed by atoms with Crippen LogP contribution in [0.2, 0.25) is 0 Å². The number of likely N-dealkylation sites (N-methyl/N-ethyl adjacent to an activating group) is 1. The number of carbonyl (C=O) groups excluding carboxylic acids is 1. The maximum absolute atomic E-state index is 12.2. The van der Waals surface area contributed by atoms with Crippen LogP contribution >= 0.6 is 0 Å². The third-order valence-electron chi connectivity index (χ3n) is 5.51. The first kappa shape index (κ1) is 20.6. The van der Waals surface area contributed by atoms with Crippen LogP contribution in [0.5, 0.6) is 17.2 Å². The molecule has 0 atom stereocenters. The van der Waals surface area contributed by atoms with Gasteiger partial charge in [-0.15, -0.1) is 0 Å². The van der Waals surface area contributed by atoms with E-state index in [2.05, 4.69) is 0 Å². The second-order valence-electron chi connectivity index (χ2n) is 7.38. The molecule has 0 saturated carbocycles. The number of benzene rings is 2. The highest BCUT2D eigenvalue weighted by atomic mass is 16.5. The third-order valence-corrected chi connectivity index (χ3v) is 5.51. The number of phenols is 1. The molecule has 29 heavy (non-hydrogen) atoms. The Morgan fingerprint density at radius 2 is 1.76 bits per heavy atom. The van der Waals surface area contributed by atoms with Crippen molar-refractivity contribution in [3.63, 3.8) is 0 Å². The van der Waals surface area contributed by atoms with Crippen LogP contribution in [-0.4, -0.2) is 44.2 Å². The van der Waals surface area contributed by atoms with Gasteiger partial charge in [0, 0.05) is 25.2 Å². The van der Waals surface area contributed by atoms with E-state index in [0.29, 0.717) is 28.2 Å². The number of methoxy groups -OCH3 is 2. The van der Waals surface area contributed by atoms with Crippen LogP contribution in [0.1, 0.15) is 22.3 Å². The van der Waals surface area contributed by atoms with Crippen LogP contribution in [0.3, 0.4) is 0 Å². The fourth-order valence-electron chi connectivity index (χ4n) is 3.48. The van der Waals surface area contributed by atoms with Crippen molar-refractivity contribution in [3.8, 4) is 28.6 Å². The van der Waals surface area contributed by atoms with Crippen LogP contribution in [-0.2, 0) is 11.2 Å². The average Bonchev–Trinajstić information content (AvgIpc) is 3.10. The number of carbonyl (C=O) groups is 1. The highest BCUT2D eigenvalue weighted by Gasteiger charge is 2.25. The molecule has 0 aliphatic carbocycles. The zero-order valence-corrected chi connectivity index (χ0v) is 18.0. The first-order valence-electron chi connectivity index (χ1n) is 9.37. The molecule has 0 unspecified atom stereocenters. The largest absolute Gasteiger partial charge is 0.507 e.